The molecule has 0 N–H and O–H groups in total. The van der Waals surface area contributed by atoms with Crippen molar-refractivity contribution in [1.29, 1.82) is 0 Å². The summed E-state index contributed by atoms with van der Waals surface area (Å²) in [5.74, 6) is 0.627. The van der Waals surface area contributed by atoms with Gasteiger partial charge in [0.05, 0.1) is 22.3 Å². The predicted octanol–water partition coefficient (Wildman–Crippen LogP) is 4.03. The van der Waals surface area contributed by atoms with E-state index in [1.54, 1.807) is 30.6 Å². The molecule has 2 aromatic carbocycles. The molecule has 0 saturated carbocycles. The van der Waals surface area contributed by atoms with Gasteiger partial charge in [-0.2, -0.15) is 0 Å². The highest BCUT2D eigenvalue weighted by atomic mass is 32.1. The Morgan fingerprint density at radius 3 is 2.68 bits per heavy atom. The van der Waals surface area contributed by atoms with Gasteiger partial charge in [-0.15, -0.1) is 11.3 Å². The number of halogens is 1. The number of aromatic nitrogens is 1. The molecule has 0 radical (unpaired) electrons. The summed E-state index contributed by atoms with van der Waals surface area (Å²) in [6.45, 7) is 0. The van der Waals surface area contributed by atoms with Gasteiger partial charge in [0.25, 0.3) is 0 Å². The van der Waals surface area contributed by atoms with Gasteiger partial charge in [-0.3, -0.25) is 0 Å². The molecular formula is C15H12FNOS. The third-order valence-corrected chi connectivity index (χ3v) is 3.93. The molecule has 0 fully saturated rings. The van der Waals surface area contributed by atoms with Gasteiger partial charge in [-0.05, 0) is 35.9 Å². The van der Waals surface area contributed by atoms with E-state index < -0.39 is 0 Å². The van der Waals surface area contributed by atoms with Gasteiger partial charge in [0.2, 0.25) is 0 Å². The second-order valence-corrected chi connectivity index (χ2v) is 5.36. The number of methoxy groups -OCH3 is 1. The Morgan fingerprint density at radius 2 is 1.95 bits per heavy atom. The van der Waals surface area contributed by atoms with E-state index >= 15 is 0 Å². The van der Waals surface area contributed by atoms with Crippen molar-refractivity contribution in [2.24, 2.45) is 0 Å². The van der Waals surface area contributed by atoms with E-state index in [9.17, 15) is 4.39 Å². The molecule has 0 amide bonds. The monoisotopic (exact) mass is 273 g/mol. The van der Waals surface area contributed by atoms with Crippen LogP contribution in [0.25, 0.3) is 10.2 Å². The fraction of sp³-hybridized carbons (Fsp3) is 0.133. The number of thiazole rings is 1. The van der Waals surface area contributed by atoms with Crippen molar-refractivity contribution in [3.8, 4) is 5.75 Å². The fourth-order valence-corrected chi connectivity index (χ4v) is 2.96. The predicted molar refractivity (Wildman–Crippen MR) is 75.4 cm³/mol. The van der Waals surface area contributed by atoms with Crippen LogP contribution >= 0.6 is 11.3 Å². The molecule has 0 atom stereocenters. The summed E-state index contributed by atoms with van der Waals surface area (Å²) < 4.78 is 19.2. The molecule has 0 aliphatic heterocycles. The molecule has 0 aliphatic rings. The second kappa shape index (κ2) is 4.97. The van der Waals surface area contributed by atoms with Crippen LogP contribution in [-0.4, -0.2) is 12.1 Å². The largest absolute Gasteiger partial charge is 0.497 e. The summed E-state index contributed by atoms with van der Waals surface area (Å²) in [7, 11) is 1.65. The molecule has 0 spiro atoms. The Balaban J connectivity index is 1.90. The van der Waals surface area contributed by atoms with Crippen molar-refractivity contribution in [3.63, 3.8) is 0 Å². The summed E-state index contributed by atoms with van der Waals surface area (Å²) in [6.07, 6.45) is 0.724. The highest BCUT2D eigenvalue weighted by Crippen LogP contribution is 2.27. The lowest BCUT2D eigenvalue weighted by atomic mass is 10.1. The van der Waals surface area contributed by atoms with E-state index in [1.165, 1.54) is 12.1 Å². The number of ether oxygens (including phenoxy) is 1. The SMILES string of the molecule is COc1ccc2nc(Cc3ccc(F)cc3)sc2c1. The number of fused-ring (bicyclic) bond motifs is 1. The van der Waals surface area contributed by atoms with Crippen molar-refractivity contribution in [3.05, 3.63) is 58.9 Å². The minimum Gasteiger partial charge on any atom is -0.497 e. The lowest BCUT2D eigenvalue weighted by Crippen LogP contribution is -1.86. The molecule has 96 valence electrons. The van der Waals surface area contributed by atoms with Crippen LogP contribution < -0.4 is 4.74 Å². The summed E-state index contributed by atoms with van der Waals surface area (Å²) >= 11 is 1.64. The van der Waals surface area contributed by atoms with E-state index in [4.69, 9.17) is 4.74 Å². The fourth-order valence-electron chi connectivity index (χ4n) is 1.93. The minimum absolute atomic E-state index is 0.210. The normalized spacial score (nSPS) is 10.8. The van der Waals surface area contributed by atoms with Crippen molar-refractivity contribution in [1.82, 2.24) is 4.98 Å². The van der Waals surface area contributed by atoms with Crippen LogP contribution in [0.5, 0.6) is 5.75 Å². The summed E-state index contributed by atoms with van der Waals surface area (Å²) in [5.41, 5.74) is 2.04. The molecule has 2 nitrogen and oxygen atoms in total. The average molecular weight is 273 g/mol. The number of benzene rings is 2. The van der Waals surface area contributed by atoms with Gasteiger partial charge in [0.15, 0.2) is 0 Å². The minimum atomic E-state index is -0.210. The number of nitrogens with zero attached hydrogens (tertiary/aromatic N) is 1. The van der Waals surface area contributed by atoms with E-state index in [-0.39, 0.29) is 5.82 Å². The molecule has 1 aromatic heterocycles. The highest BCUT2D eigenvalue weighted by molar-refractivity contribution is 7.18. The maximum Gasteiger partial charge on any atom is 0.123 e. The quantitative estimate of drug-likeness (QED) is 0.718. The molecule has 19 heavy (non-hydrogen) atoms. The topological polar surface area (TPSA) is 22.1 Å². The first-order chi connectivity index (χ1) is 9.24. The van der Waals surface area contributed by atoms with Gasteiger partial charge in [-0.1, -0.05) is 12.1 Å². The lowest BCUT2D eigenvalue weighted by molar-refractivity contribution is 0.415. The van der Waals surface area contributed by atoms with E-state index in [2.05, 4.69) is 4.98 Å². The van der Waals surface area contributed by atoms with Crippen molar-refractivity contribution in [2.75, 3.05) is 7.11 Å². The molecule has 0 bridgehead atoms. The Morgan fingerprint density at radius 1 is 1.16 bits per heavy atom. The van der Waals surface area contributed by atoms with Crippen molar-refractivity contribution in [2.45, 2.75) is 6.42 Å². The van der Waals surface area contributed by atoms with Crippen LogP contribution in [-0.2, 0) is 6.42 Å². The zero-order valence-corrected chi connectivity index (χ0v) is 11.2. The molecule has 3 rings (SSSR count). The Labute approximate surface area is 114 Å². The summed E-state index contributed by atoms with van der Waals surface area (Å²) in [6, 6.07) is 12.4. The molecule has 0 aliphatic carbocycles. The highest BCUT2D eigenvalue weighted by Gasteiger charge is 2.06. The van der Waals surface area contributed by atoms with Crippen molar-refractivity contribution >= 4 is 21.6 Å². The van der Waals surface area contributed by atoms with Crippen LogP contribution in [0.15, 0.2) is 42.5 Å². The first-order valence-corrected chi connectivity index (χ1v) is 6.74. The Bertz CT molecular complexity index is 706. The van der Waals surface area contributed by atoms with Crippen LogP contribution in [0.3, 0.4) is 0 Å². The van der Waals surface area contributed by atoms with Crippen molar-refractivity contribution < 1.29 is 9.13 Å². The number of hydrogen-bond acceptors (Lipinski definition) is 3. The third-order valence-electron chi connectivity index (χ3n) is 2.91. The van der Waals surface area contributed by atoms with Gasteiger partial charge >= 0.3 is 0 Å². The molecule has 4 heteroatoms. The number of rotatable bonds is 3. The summed E-state index contributed by atoms with van der Waals surface area (Å²) in [4.78, 5) is 4.58. The van der Waals surface area contributed by atoms with Gasteiger partial charge in [0, 0.05) is 6.42 Å². The molecule has 1 heterocycles. The zero-order valence-electron chi connectivity index (χ0n) is 10.4. The van der Waals surface area contributed by atoms with E-state index in [0.29, 0.717) is 0 Å². The van der Waals surface area contributed by atoms with Gasteiger partial charge in [-0.25, -0.2) is 9.37 Å². The Hall–Kier alpha value is -1.94. The average Bonchev–Trinajstić information content (AvgIpc) is 2.82. The van der Waals surface area contributed by atoms with Gasteiger partial charge in [0.1, 0.15) is 11.6 Å². The van der Waals surface area contributed by atoms with Crippen LogP contribution in [0.2, 0.25) is 0 Å². The molecule has 0 unspecified atom stereocenters. The van der Waals surface area contributed by atoms with Gasteiger partial charge < -0.3 is 4.74 Å². The zero-order chi connectivity index (χ0) is 13.2. The number of hydrogen-bond donors (Lipinski definition) is 0. The third kappa shape index (κ3) is 2.58. The Kier molecular flexibility index (Phi) is 3.17. The second-order valence-electron chi connectivity index (χ2n) is 4.24. The maximum atomic E-state index is 12.8. The molecule has 0 saturated heterocycles. The lowest BCUT2D eigenvalue weighted by Gasteiger charge is -1.96. The van der Waals surface area contributed by atoms with Crippen LogP contribution in [0.4, 0.5) is 4.39 Å². The molecule has 3 aromatic rings. The van der Waals surface area contributed by atoms with Crippen LogP contribution in [0.1, 0.15) is 10.6 Å². The van der Waals surface area contributed by atoms with E-state index in [0.717, 1.165) is 33.0 Å². The smallest absolute Gasteiger partial charge is 0.123 e. The van der Waals surface area contributed by atoms with E-state index in [1.807, 2.05) is 18.2 Å². The maximum absolute atomic E-state index is 12.8. The molecular weight excluding hydrogens is 261 g/mol. The first-order valence-electron chi connectivity index (χ1n) is 5.92. The van der Waals surface area contributed by atoms with Crippen LogP contribution in [0, 0.1) is 5.82 Å². The first kappa shape index (κ1) is 12.1. The summed E-state index contributed by atoms with van der Waals surface area (Å²) in [5, 5.41) is 1.02. The standard InChI is InChI=1S/C15H12FNOS/c1-18-12-6-7-13-14(9-12)19-15(17-13)8-10-2-4-11(16)5-3-10/h2-7,9H,8H2,1H3.